The fraction of sp³-hybridized carbons (Fsp3) is 0.179. The average molecular weight is 544 g/mol. The number of methoxy groups -OCH3 is 1. The van der Waals surface area contributed by atoms with Gasteiger partial charge in [-0.15, -0.1) is 0 Å². The molecule has 5 rings (SSSR count). The molecule has 10 nitrogen and oxygen atoms in total. The molecule has 0 spiro atoms. The highest BCUT2D eigenvalue weighted by molar-refractivity contribution is 7.80. The Morgan fingerprint density at radius 1 is 1.13 bits per heavy atom. The largest absolute Gasteiger partial charge is 0.495 e. The van der Waals surface area contributed by atoms with Crippen LogP contribution in [0.5, 0.6) is 5.75 Å². The van der Waals surface area contributed by atoms with Gasteiger partial charge in [-0.05, 0) is 60.7 Å². The maximum absolute atomic E-state index is 12.9. The van der Waals surface area contributed by atoms with E-state index in [2.05, 4.69) is 15.6 Å². The zero-order chi connectivity index (χ0) is 27.4. The number of furan rings is 1. The summed E-state index contributed by atoms with van der Waals surface area (Å²) < 4.78 is 11.6. The molecule has 1 aliphatic heterocycles. The van der Waals surface area contributed by atoms with Gasteiger partial charge in [-0.1, -0.05) is 18.2 Å². The summed E-state index contributed by atoms with van der Waals surface area (Å²) in [6.07, 6.45) is 1.88. The summed E-state index contributed by atoms with van der Waals surface area (Å²) in [5.74, 6) is 1.57. The van der Waals surface area contributed by atoms with Gasteiger partial charge < -0.3 is 24.7 Å². The summed E-state index contributed by atoms with van der Waals surface area (Å²) >= 11 is 5.68. The molecule has 1 amide bonds. The third-order valence-electron chi connectivity index (χ3n) is 6.44. The molecule has 2 aromatic carbocycles. The number of pyridine rings is 1. The molecule has 2 atom stereocenters. The van der Waals surface area contributed by atoms with Crippen molar-refractivity contribution in [1.29, 1.82) is 0 Å². The first-order valence-corrected chi connectivity index (χ1v) is 12.6. The van der Waals surface area contributed by atoms with Crippen LogP contribution >= 0.6 is 12.2 Å². The van der Waals surface area contributed by atoms with E-state index in [1.54, 1.807) is 37.6 Å². The SMILES string of the molecule is COc1ccccc1NC(=O)CCN1C(=S)NC(c2ccccn2)C1c1ccc(-c2ccc([N+](=O)[O-])cc2)o1. The minimum absolute atomic E-state index is 0.00339. The maximum atomic E-state index is 12.9. The minimum Gasteiger partial charge on any atom is -0.495 e. The van der Waals surface area contributed by atoms with Crippen LogP contribution in [0.25, 0.3) is 11.3 Å². The van der Waals surface area contributed by atoms with E-state index in [4.69, 9.17) is 21.4 Å². The highest BCUT2D eigenvalue weighted by Crippen LogP contribution is 2.40. The number of benzene rings is 2. The normalized spacial score (nSPS) is 16.5. The Bertz CT molecular complexity index is 1490. The van der Waals surface area contributed by atoms with Crippen molar-refractivity contribution in [2.75, 3.05) is 19.0 Å². The van der Waals surface area contributed by atoms with Crippen LogP contribution in [0, 0.1) is 10.1 Å². The Kier molecular flexibility index (Phi) is 7.50. The van der Waals surface area contributed by atoms with Crippen LogP contribution in [0.1, 0.15) is 30.0 Å². The lowest BCUT2D eigenvalue weighted by Crippen LogP contribution is -2.32. The Hall–Kier alpha value is -4.77. The number of para-hydroxylation sites is 2. The number of nitrogens with one attached hydrogen (secondary N) is 2. The number of ether oxygens (including phenoxy) is 1. The summed E-state index contributed by atoms with van der Waals surface area (Å²) in [5.41, 5.74) is 2.08. The molecule has 0 bridgehead atoms. The van der Waals surface area contributed by atoms with Crippen molar-refractivity contribution in [2.45, 2.75) is 18.5 Å². The number of non-ortho nitro benzene ring substituents is 1. The molecule has 11 heteroatoms. The van der Waals surface area contributed by atoms with Crippen LogP contribution in [0.2, 0.25) is 0 Å². The lowest BCUT2D eigenvalue weighted by molar-refractivity contribution is -0.384. The summed E-state index contributed by atoms with van der Waals surface area (Å²) in [5, 5.41) is 17.7. The van der Waals surface area contributed by atoms with Crippen LogP contribution in [-0.4, -0.2) is 39.5 Å². The number of amides is 1. The smallest absolute Gasteiger partial charge is 0.269 e. The summed E-state index contributed by atoms with van der Waals surface area (Å²) in [4.78, 5) is 29.9. The maximum Gasteiger partial charge on any atom is 0.269 e. The van der Waals surface area contributed by atoms with Crippen LogP contribution in [0.3, 0.4) is 0 Å². The van der Waals surface area contributed by atoms with E-state index in [9.17, 15) is 14.9 Å². The van der Waals surface area contributed by atoms with E-state index < -0.39 is 4.92 Å². The zero-order valence-electron chi connectivity index (χ0n) is 20.9. The Labute approximate surface area is 229 Å². The van der Waals surface area contributed by atoms with Gasteiger partial charge >= 0.3 is 0 Å². The van der Waals surface area contributed by atoms with E-state index in [1.165, 1.54) is 12.1 Å². The number of carbonyl (C=O) groups excluding carboxylic acids is 1. The molecule has 0 radical (unpaired) electrons. The van der Waals surface area contributed by atoms with Crippen molar-refractivity contribution in [3.8, 4) is 17.1 Å². The average Bonchev–Trinajstić information content (AvgIpc) is 3.57. The first-order chi connectivity index (χ1) is 18.9. The molecular weight excluding hydrogens is 518 g/mol. The molecule has 198 valence electrons. The number of rotatable bonds is 9. The molecule has 2 N–H and O–H groups in total. The highest BCUT2D eigenvalue weighted by atomic mass is 32.1. The van der Waals surface area contributed by atoms with Crippen LogP contribution < -0.4 is 15.4 Å². The van der Waals surface area contributed by atoms with E-state index >= 15 is 0 Å². The van der Waals surface area contributed by atoms with Gasteiger partial charge in [0.25, 0.3) is 5.69 Å². The number of carbonyl (C=O) groups is 1. The van der Waals surface area contributed by atoms with Gasteiger partial charge in [-0.3, -0.25) is 19.9 Å². The lowest BCUT2D eigenvalue weighted by atomic mass is 10.0. The molecule has 2 aromatic heterocycles. The number of hydrogen-bond acceptors (Lipinski definition) is 7. The Morgan fingerprint density at radius 2 is 1.90 bits per heavy atom. The van der Waals surface area contributed by atoms with Gasteiger partial charge in [0, 0.05) is 36.9 Å². The lowest BCUT2D eigenvalue weighted by Gasteiger charge is -2.26. The van der Waals surface area contributed by atoms with Gasteiger partial charge in [0.2, 0.25) is 5.91 Å². The molecule has 0 saturated carbocycles. The third-order valence-corrected chi connectivity index (χ3v) is 6.79. The second-order valence-electron chi connectivity index (χ2n) is 8.82. The van der Waals surface area contributed by atoms with E-state index in [0.29, 0.717) is 40.2 Å². The fourth-order valence-electron chi connectivity index (χ4n) is 4.55. The molecule has 0 aliphatic carbocycles. The zero-order valence-corrected chi connectivity index (χ0v) is 21.8. The van der Waals surface area contributed by atoms with Gasteiger partial charge in [-0.2, -0.15) is 0 Å². The number of hydrogen-bond donors (Lipinski definition) is 2. The van der Waals surface area contributed by atoms with Gasteiger partial charge in [-0.25, -0.2) is 0 Å². The van der Waals surface area contributed by atoms with Crippen molar-refractivity contribution in [3.05, 3.63) is 107 Å². The summed E-state index contributed by atoms with van der Waals surface area (Å²) in [7, 11) is 1.55. The first-order valence-electron chi connectivity index (χ1n) is 12.2. The Morgan fingerprint density at radius 3 is 2.62 bits per heavy atom. The molecule has 39 heavy (non-hydrogen) atoms. The van der Waals surface area contributed by atoms with E-state index in [1.807, 2.05) is 47.4 Å². The number of nitro benzene ring substituents is 1. The van der Waals surface area contributed by atoms with Crippen molar-refractivity contribution in [3.63, 3.8) is 0 Å². The van der Waals surface area contributed by atoms with E-state index in [-0.39, 0.29) is 30.1 Å². The van der Waals surface area contributed by atoms with Gasteiger partial charge in [0.1, 0.15) is 23.3 Å². The molecule has 1 fully saturated rings. The van der Waals surface area contributed by atoms with E-state index in [0.717, 1.165) is 5.69 Å². The minimum atomic E-state index is -0.443. The van der Waals surface area contributed by atoms with Crippen LogP contribution in [-0.2, 0) is 4.79 Å². The van der Waals surface area contributed by atoms with Gasteiger partial charge in [0.15, 0.2) is 5.11 Å². The monoisotopic (exact) mass is 543 g/mol. The summed E-state index contributed by atoms with van der Waals surface area (Å²) in [6, 6.07) is 22.0. The van der Waals surface area contributed by atoms with Crippen molar-refractivity contribution >= 4 is 34.6 Å². The first kappa shape index (κ1) is 25.9. The quantitative estimate of drug-likeness (QED) is 0.165. The van der Waals surface area contributed by atoms with Crippen molar-refractivity contribution in [1.82, 2.24) is 15.2 Å². The standard InChI is InChI=1S/C28H25N5O5S/c1-37-23-8-3-2-6-20(23)30-25(34)15-17-32-27(26(31-28(32)39)21-7-4-5-16-29-21)24-14-13-22(38-24)18-9-11-19(12-10-18)33(35)36/h2-14,16,26-27H,15,17H2,1H3,(H,30,34)(H,31,39). The molecule has 4 aromatic rings. The fourth-order valence-corrected chi connectivity index (χ4v) is 4.88. The molecule has 2 unspecified atom stereocenters. The van der Waals surface area contributed by atoms with Crippen molar-refractivity contribution in [2.24, 2.45) is 0 Å². The number of nitro groups is 1. The molecular formula is C28H25N5O5S. The second-order valence-corrected chi connectivity index (χ2v) is 9.21. The molecule has 1 aliphatic rings. The van der Waals surface area contributed by atoms with Crippen LogP contribution in [0.15, 0.2) is 89.5 Å². The van der Waals surface area contributed by atoms with Gasteiger partial charge in [0.05, 0.1) is 29.5 Å². The number of nitrogens with zero attached hydrogens (tertiary/aromatic N) is 3. The third kappa shape index (κ3) is 5.58. The van der Waals surface area contributed by atoms with Crippen LogP contribution in [0.4, 0.5) is 11.4 Å². The highest BCUT2D eigenvalue weighted by Gasteiger charge is 2.41. The second kappa shape index (κ2) is 11.3. The molecule has 3 heterocycles. The summed E-state index contributed by atoms with van der Waals surface area (Å²) in [6.45, 7) is 0.328. The Balaban J connectivity index is 1.39. The number of anilines is 1. The number of thiocarbonyl (C=S) groups is 1. The predicted octanol–water partition coefficient (Wildman–Crippen LogP) is 5.26. The predicted molar refractivity (Wildman–Crippen MR) is 149 cm³/mol. The van der Waals surface area contributed by atoms with Crippen molar-refractivity contribution < 1.29 is 18.9 Å². The number of aromatic nitrogens is 1. The topological polar surface area (TPSA) is 123 Å². The molecule has 1 saturated heterocycles.